The average Bonchev–Trinajstić information content (AvgIpc) is 3.66. The van der Waals surface area contributed by atoms with E-state index >= 15 is 0 Å². The minimum atomic E-state index is -1.17. The van der Waals surface area contributed by atoms with Crippen LogP contribution in [0.5, 0.6) is 11.8 Å². The molecule has 2 aromatic carbocycles. The van der Waals surface area contributed by atoms with Crippen molar-refractivity contribution < 1.29 is 28.8 Å². The van der Waals surface area contributed by atoms with Crippen LogP contribution in [0.4, 0.5) is 0 Å². The van der Waals surface area contributed by atoms with Crippen molar-refractivity contribution in [3.63, 3.8) is 0 Å². The molecule has 2 atom stereocenters. The van der Waals surface area contributed by atoms with Gasteiger partial charge in [-0.05, 0) is 99.2 Å². The second-order valence-electron chi connectivity index (χ2n) is 12.8. The lowest BCUT2D eigenvalue weighted by Gasteiger charge is -2.21. The van der Waals surface area contributed by atoms with Gasteiger partial charge in [0.2, 0.25) is 0 Å². The molecule has 0 amide bonds. The summed E-state index contributed by atoms with van der Waals surface area (Å²) >= 11 is 0. The third-order valence-corrected chi connectivity index (χ3v) is 8.84. The lowest BCUT2D eigenvalue weighted by Crippen LogP contribution is -2.27. The summed E-state index contributed by atoms with van der Waals surface area (Å²) in [6.07, 6.45) is 3.78. The zero-order valence-electron chi connectivity index (χ0n) is 26.5. The van der Waals surface area contributed by atoms with Gasteiger partial charge in [0, 0.05) is 17.4 Å². The van der Waals surface area contributed by atoms with E-state index in [-0.39, 0.29) is 23.2 Å². The summed E-state index contributed by atoms with van der Waals surface area (Å²) in [4.78, 5) is 21.4. The monoisotopic (exact) mass is 588 g/mol. The SMILES string of the molecule is COC(=O)CC1c2ccc(OCc3cccc(-c4c(C)nc(OCC(C)COC(C)(C)O)nc4C)c3C)cc2CC12CC2. The van der Waals surface area contributed by atoms with Crippen LogP contribution < -0.4 is 9.47 Å². The number of aliphatic hydroxyl groups is 1. The van der Waals surface area contributed by atoms with Crippen LogP contribution in [0.25, 0.3) is 11.1 Å². The van der Waals surface area contributed by atoms with Crippen molar-refractivity contribution in [2.24, 2.45) is 11.3 Å². The summed E-state index contributed by atoms with van der Waals surface area (Å²) in [5.41, 5.74) is 8.76. The maximum absolute atomic E-state index is 12.1. The molecular formula is C35H44N2O6. The highest BCUT2D eigenvalue weighted by molar-refractivity contribution is 5.73. The molecule has 1 N–H and O–H groups in total. The van der Waals surface area contributed by atoms with E-state index in [1.807, 2.05) is 32.9 Å². The van der Waals surface area contributed by atoms with Gasteiger partial charge in [-0.15, -0.1) is 0 Å². The third-order valence-electron chi connectivity index (χ3n) is 8.84. The highest BCUT2D eigenvalue weighted by Crippen LogP contribution is 2.64. The van der Waals surface area contributed by atoms with E-state index in [0.29, 0.717) is 32.3 Å². The zero-order valence-corrected chi connectivity index (χ0v) is 26.5. The second kappa shape index (κ2) is 12.2. The molecule has 5 rings (SSSR count). The Morgan fingerprint density at radius 1 is 1.07 bits per heavy atom. The molecule has 1 aromatic heterocycles. The van der Waals surface area contributed by atoms with Crippen molar-refractivity contribution in [1.82, 2.24) is 9.97 Å². The number of aromatic nitrogens is 2. The Kier molecular flexibility index (Phi) is 8.82. The van der Waals surface area contributed by atoms with Gasteiger partial charge in [-0.25, -0.2) is 0 Å². The fourth-order valence-electron chi connectivity index (χ4n) is 6.28. The molecule has 2 aliphatic carbocycles. The first-order valence-electron chi connectivity index (χ1n) is 15.1. The summed E-state index contributed by atoms with van der Waals surface area (Å²) in [5, 5.41) is 9.78. The van der Waals surface area contributed by atoms with Crippen LogP contribution in [0, 0.1) is 32.1 Å². The highest BCUT2D eigenvalue weighted by Gasteiger charge is 2.54. The maximum atomic E-state index is 12.1. The van der Waals surface area contributed by atoms with Crippen LogP contribution in [0.1, 0.15) is 79.6 Å². The number of carbonyl (C=O) groups is 1. The summed E-state index contributed by atoms with van der Waals surface area (Å²) < 4.78 is 22.6. The minimum Gasteiger partial charge on any atom is -0.489 e. The molecule has 2 aliphatic rings. The Morgan fingerprint density at radius 3 is 2.44 bits per heavy atom. The van der Waals surface area contributed by atoms with Gasteiger partial charge in [0.15, 0.2) is 5.79 Å². The molecule has 0 saturated heterocycles. The quantitative estimate of drug-likeness (QED) is 0.192. The van der Waals surface area contributed by atoms with Gasteiger partial charge in [-0.2, -0.15) is 9.97 Å². The first kappa shape index (κ1) is 31.0. The number of aryl methyl sites for hydroxylation is 2. The molecular weight excluding hydrogens is 544 g/mol. The predicted molar refractivity (Wildman–Crippen MR) is 164 cm³/mol. The van der Waals surface area contributed by atoms with Crippen molar-refractivity contribution in [3.8, 4) is 22.9 Å². The zero-order chi connectivity index (χ0) is 30.9. The molecule has 43 heavy (non-hydrogen) atoms. The van der Waals surface area contributed by atoms with Crippen molar-refractivity contribution in [2.75, 3.05) is 20.3 Å². The number of hydrogen-bond acceptors (Lipinski definition) is 8. The molecule has 230 valence electrons. The molecule has 1 heterocycles. The molecule has 0 radical (unpaired) electrons. The number of esters is 1. The second-order valence-corrected chi connectivity index (χ2v) is 12.8. The number of carbonyl (C=O) groups excluding carboxylic acids is 1. The lowest BCUT2D eigenvalue weighted by atomic mass is 9.87. The van der Waals surface area contributed by atoms with Crippen molar-refractivity contribution in [3.05, 3.63) is 70.0 Å². The summed E-state index contributed by atoms with van der Waals surface area (Å²) in [6.45, 7) is 12.5. The lowest BCUT2D eigenvalue weighted by molar-refractivity contribution is -0.183. The van der Waals surface area contributed by atoms with Gasteiger partial charge in [-0.3, -0.25) is 4.79 Å². The van der Waals surface area contributed by atoms with E-state index in [2.05, 4.69) is 41.2 Å². The molecule has 1 spiro atoms. The van der Waals surface area contributed by atoms with E-state index in [9.17, 15) is 9.90 Å². The van der Waals surface area contributed by atoms with Crippen LogP contribution in [-0.2, 0) is 27.3 Å². The van der Waals surface area contributed by atoms with Crippen molar-refractivity contribution in [2.45, 2.75) is 85.5 Å². The standard InChI is InChI=1S/C35H44N2O6/c1-21(19-43-34(5,6)39)18-42-33-36-23(3)32(24(4)37-33)28-10-8-9-25(22(28)2)20-41-27-11-12-29-26(15-27)17-35(13-14-35)30(29)16-31(38)40-7/h8-12,15,21,30,39H,13-14,16-20H2,1-7H3. The topological polar surface area (TPSA) is 100 Å². The van der Waals surface area contributed by atoms with E-state index in [1.54, 1.807) is 13.8 Å². The Balaban J connectivity index is 1.26. The normalized spacial score (nSPS) is 17.4. The van der Waals surface area contributed by atoms with Crippen molar-refractivity contribution >= 4 is 5.97 Å². The van der Waals surface area contributed by atoms with Crippen LogP contribution in [0.15, 0.2) is 36.4 Å². The summed E-state index contributed by atoms with van der Waals surface area (Å²) in [5.74, 6) is -0.160. The van der Waals surface area contributed by atoms with Crippen LogP contribution in [0.2, 0.25) is 0 Å². The molecule has 0 bridgehead atoms. The van der Waals surface area contributed by atoms with Gasteiger partial charge < -0.3 is 24.1 Å². The molecule has 8 heteroatoms. The molecule has 8 nitrogen and oxygen atoms in total. The number of hydrogen-bond donors (Lipinski definition) is 1. The first-order valence-corrected chi connectivity index (χ1v) is 15.1. The first-order chi connectivity index (χ1) is 20.4. The van der Waals surface area contributed by atoms with Crippen molar-refractivity contribution in [1.29, 1.82) is 0 Å². The van der Waals surface area contributed by atoms with E-state index in [4.69, 9.17) is 18.9 Å². The van der Waals surface area contributed by atoms with Gasteiger partial charge in [0.1, 0.15) is 12.4 Å². The van der Waals surface area contributed by atoms with Gasteiger partial charge in [0.25, 0.3) is 0 Å². The van der Waals surface area contributed by atoms with E-state index < -0.39 is 5.79 Å². The smallest absolute Gasteiger partial charge is 0.316 e. The fraction of sp³-hybridized carbons (Fsp3) is 0.514. The minimum absolute atomic E-state index is 0.0658. The largest absolute Gasteiger partial charge is 0.489 e. The number of fused-ring (bicyclic) bond motifs is 1. The number of rotatable bonds is 12. The van der Waals surface area contributed by atoms with E-state index in [1.165, 1.54) is 31.1 Å². The van der Waals surface area contributed by atoms with Gasteiger partial charge in [0.05, 0.1) is 38.1 Å². The molecule has 1 fully saturated rings. The molecule has 2 unspecified atom stereocenters. The molecule has 0 aliphatic heterocycles. The fourth-order valence-corrected chi connectivity index (χ4v) is 6.28. The molecule has 3 aromatic rings. The number of nitrogens with zero attached hydrogens (tertiary/aromatic N) is 2. The highest BCUT2D eigenvalue weighted by atomic mass is 16.6. The molecule has 1 saturated carbocycles. The van der Waals surface area contributed by atoms with E-state index in [0.717, 1.165) is 45.8 Å². The Bertz CT molecular complexity index is 1470. The Hall–Kier alpha value is -3.49. The maximum Gasteiger partial charge on any atom is 0.316 e. The predicted octanol–water partition coefficient (Wildman–Crippen LogP) is 6.39. The third kappa shape index (κ3) is 7.02. The number of methoxy groups -OCH3 is 1. The number of benzene rings is 2. The Morgan fingerprint density at radius 2 is 1.79 bits per heavy atom. The number of ether oxygens (including phenoxy) is 4. The van der Waals surface area contributed by atoms with Crippen LogP contribution in [-0.4, -0.2) is 47.2 Å². The van der Waals surface area contributed by atoms with Gasteiger partial charge >= 0.3 is 12.0 Å². The average molecular weight is 589 g/mol. The van der Waals surface area contributed by atoms with Crippen LogP contribution in [0.3, 0.4) is 0 Å². The van der Waals surface area contributed by atoms with Gasteiger partial charge in [-0.1, -0.05) is 31.2 Å². The Labute approximate surface area is 254 Å². The van der Waals surface area contributed by atoms with Crippen LogP contribution >= 0.6 is 0 Å². The summed E-state index contributed by atoms with van der Waals surface area (Å²) in [6, 6.07) is 12.9. The summed E-state index contributed by atoms with van der Waals surface area (Å²) in [7, 11) is 1.46.